The van der Waals surface area contributed by atoms with Crippen molar-refractivity contribution in [2.45, 2.75) is 38.6 Å². The Balaban J connectivity index is 1.65. The topological polar surface area (TPSA) is 47.0 Å². The van der Waals surface area contributed by atoms with Crippen LogP contribution in [0.2, 0.25) is 0 Å². The number of hydrogen-bond donors (Lipinski definition) is 1. The fraction of sp³-hybridized carbons (Fsp3) is 0.412. The highest BCUT2D eigenvalue weighted by atomic mass is 16.5. The van der Waals surface area contributed by atoms with Crippen molar-refractivity contribution < 1.29 is 4.74 Å². The lowest BCUT2D eigenvalue weighted by Crippen LogP contribution is -2.27. The van der Waals surface area contributed by atoms with Crippen molar-refractivity contribution in [1.82, 2.24) is 9.97 Å². The molecule has 21 heavy (non-hydrogen) atoms. The number of aryl methyl sites for hydroxylation is 1. The molecule has 0 amide bonds. The maximum absolute atomic E-state index is 5.55. The molecule has 1 aliphatic carbocycles. The first-order valence-electron chi connectivity index (χ1n) is 7.63. The van der Waals surface area contributed by atoms with Gasteiger partial charge in [0.15, 0.2) is 0 Å². The second kappa shape index (κ2) is 6.57. The van der Waals surface area contributed by atoms with Gasteiger partial charge in [-0.15, -0.1) is 0 Å². The van der Waals surface area contributed by atoms with E-state index in [-0.39, 0.29) is 0 Å². The van der Waals surface area contributed by atoms with Crippen LogP contribution in [0.3, 0.4) is 0 Å². The van der Waals surface area contributed by atoms with Crippen LogP contribution in [0.1, 0.15) is 30.9 Å². The van der Waals surface area contributed by atoms with E-state index in [9.17, 15) is 0 Å². The molecule has 2 aromatic rings. The van der Waals surface area contributed by atoms with Crippen molar-refractivity contribution in [3.8, 4) is 5.88 Å². The summed E-state index contributed by atoms with van der Waals surface area (Å²) in [6.07, 6.45) is 5.84. The summed E-state index contributed by atoms with van der Waals surface area (Å²) in [6.45, 7) is 2.77. The molecule has 0 saturated carbocycles. The van der Waals surface area contributed by atoms with E-state index in [1.165, 1.54) is 11.1 Å². The number of rotatable bonds is 5. The number of nitrogens with zero attached hydrogens (tertiary/aromatic N) is 2. The number of fused-ring (bicyclic) bond motifs is 1. The molecule has 110 valence electrons. The minimum atomic E-state index is 0.425. The molecule has 0 saturated heterocycles. The fourth-order valence-electron chi connectivity index (χ4n) is 2.73. The number of hydrogen-bond acceptors (Lipinski definition) is 4. The van der Waals surface area contributed by atoms with Gasteiger partial charge in [0.05, 0.1) is 6.61 Å². The van der Waals surface area contributed by atoms with E-state index in [4.69, 9.17) is 4.74 Å². The van der Waals surface area contributed by atoms with Crippen molar-refractivity contribution in [3.05, 3.63) is 47.8 Å². The summed E-state index contributed by atoms with van der Waals surface area (Å²) >= 11 is 0. The van der Waals surface area contributed by atoms with Gasteiger partial charge < -0.3 is 10.1 Å². The molecule has 1 aliphatic rings. The Morgan fingerprint density at radius 1 is 1.24 bits per heavy atom. The van der Waals surface area contributed by atoms with Crippen molar-refractivity contribution >= 4 is 5.82 Å². The lowest BCUT2D eigenvalue weighted by atomic mass is 9.88. The highest BCUT2D eigenvalue weighted by Crippen LogP contribution is 2.23. The van der Waals surface area contributed by atoms with E-state index >= 15 is 0 Å². The SMILES string of the molecule is CCCOc1cc(NC2CCc3ccccc3C2)ncn1. The van der Waals surface area contributed by atoms with Gasteiger partial charge in [0.1, 0.15) is 12.1 Å². The van der Waals surface area contributed by atoms with E-state index in [0.29, 0.717) is 18.5 Å². The van der Waals surface area contributed by atoms with Crippen LogP contribution in [0, 0.1) is 0 Å². The summed E-state index contributed by atoms with van der Waals surface area (Å²) in [5.74, 6) is 1.49. The smallest absolute Gasteiger partial charge is 0.218 e. The maximum Gasteiger partial charge on any atom is 0.218 e. The van der Waals surface area contributed by atoms with Crippen molar-refractivity contribution in [3.63, 3.8) is 0 Å². The Kier molecular flexibility index (Phi) is 4.34. The van der Waals surface area contributed by atoms with Gasteiger partial charge in [0.25, 0.3) is 0 Å². The van der Waals surface area contributed by atoms with Crippen LogP contribution < -0.4 is 10.1 Å². The molecule has 0 fully saturated rings. The van der Waals surface area contributed by atoms with Crippen molar-refractivity contribution in [1.29, 1.82) is 0 Å². The molecule has 1 aromatic carbocycles. The molecule has 4 nitrogen and oxygen atoms in total. The van der Waals surface area contributed by atoms with Crippen LogP contribution in [-0.4, -0.2) is 22.6 Å². The molecule has 0 bridgehead atoms. The third kappa shape index (κ3) is 3.51. The van der Waals surface area contributed by atoms with Crippen LogP contribution in [0.4, 0.5) is 5.82 Å². The summed E-state index contributed by atoms with van der Waals surface area (Å²) in [5.41, 5.74) is 2.92. The van der Waals surface area contributed by atoms with Gasteiger partial charge in [-0.25, -0.2) is 9.97 Å². The van der Waals surface area contributed by atoms with Crippen LogP contribution in [-0.2, 0) is 12.8 Å². The number of ether oxygens (including phenoxy) is 1. The molecule has 1 unspecified atom stereocenters. The largest absolute Gasteiger partial charge is 0.478 e. The molecular formula is C17H21N3O. The van der Waals surface area contributed by atoms with Gasteiger partial charge in [-0.05, 0) is 36.8 Å². The van der Waals surface area contributed by atoms with E-state index in [1.54, 1.807) is 6.33 Å². The van der Waals surface area contributed by atoms with Gasteiger partial charge in [0, 0.05) is 12.1 Å². The zero-order valence-electron chi connectivity index (χ0n) is 12.4. The lowest BCUT2D eigenvalue weighted by Gasteiger charge is -2.25. The molecule has 1 N–H and O–H groups in total. The zero-order chi connectivity index (χ0) is 14.5. The average Bonchev–Trinajstić information content (AvgIpc) is 2.53. The lowest BCUT2D eigenvalue weighted by molar-refractivity contribution is 0.305. The van der Waals surface area contributed by atoms with Gasteiger partial charge in [-0.1, -0.05) is 31.2 Å². The zero-order valence-corrected chi connectivity index (χ0v) is 12.4. The number of aromatic nitrogens is 2. The molecule has 0 spiro atoms. The predicted molar refractivity (Wildman–Crippen MR) is 83.7 cm³/mol. The first kappa shape index (κ1) is 13.9. The van der Waals surface area contributed by atoms with Crippen LogP contribution in [0.15, 0.2) is 36.7 Å². The second-order valence-electron chi connectivity index (χ2n) is 5.44. The molecule has 1 aromatic heterocycles. The highest BCUT2D eigenvalue weighted by Gasteiger charge is 2.18. The molecule has 1 heterocycles. The predicted octanol–water partition coefficient (Wildman–Crippen LogP) is 3.23. The summed E-state index contributed by atoms with van der Waals surface area (Å²) < 4.78 is 5.55. The van der Waals surface area contributed by atoms with Crippen molar-refractivity contribution in [2.24, 2.45) is 0 Å². The summed E-state index contributed by atoms with van der Waals surface area (Å²) in [5, 5.41) is 3.51. The van der Waals surface area contributed by atoms with Gasteiger partial charge in [-0.3, -0.25) is 0 Å². The van der Waals surface area contributed by atoms with Gasteiger partial charge >= 0.3 is 0 Å². The second-order valence-corrected chi connectivity index (χ2v) is 5.44. The highest BCUT2D eigenvalue weighted by molar-refractivity contribution is 5.40. The minimum Gasteiger partial charge on any atom is -0.478 e. The van der Waals surface area contributed by atoms with Crippen molar-refractivity contribution in [2.75, 3.05) is 11.9 Å². The Morgan fingerprint density at radius 3 is 2.95 bits per heavy atom. The maximum atomic E-state index is 5.55. The minimum absolute atomic E-state index is 0.425. The molecule has 4 heteroatoms. The van der Waals surface area contributed by atoms with E-state index in [1.807, 2.05) is 6.07 Å². The van der Waals surface area contributed by atoms with Crippen LogP contribution >= 0.6 is 0 Å². The summed E-state index contributed by atoms with van der Waals surface area (Å²) in [7, 11) is 0. The molecule has 3 rings (SSSR count). The van der Waals surface area contributed by atoms with E-state index in [2.05, 4.69) is 46.5 Å². The normalized spacial score (nSPS) is 17.1. The van der Waals surface area contributed by atoms with Crippen LogP contribution in [0.5, 0.6) is 5.88 Å². The van der Waals surface area contributed by atoms with E-state index in [0.717, 1.165) is 31.5 Å². The summed E-state index contributed by atoms with van der Waals surface area (Å²) in [6, 6.07) is 11.0. The molecule has 0 aliphatic heterocycles. The third-order valence-corrected chi connectivity index (χ3v) is 3.79. The molecule has 0 radical (unpaired) electrons. The Bertz CT molecular complexity index is 600. The quantitative estimate of drug-likeness (QED) is 0.915. The third-order valence-electron chi connectivity index (χ3n) is 3.79. The molecule has 1 atom stereocenters. The van der Waals surface area contributed by atoms with Gasteiger partial charge in [-0.2, -0.15) is 0 Å². The first-order valence-corrected chi connectivity index (χ1v) is 7.63. The Hall–Kier alpha value is -2.10. The number of nitrogens with one attached hydrogen (secondary N) is 1. The van der Waals surface area contributed by atoms with Crippen LogP contribution in [0.25, 0.3) is 0 Å². The first-order chi connectivity index (χ1) is 10.3. The van der Waals surface area contributed by atoms with Gasteiger partial charge in [0.2, 0.25) is 5.88 Å². The van der Waals surface area contributed by atoms with E-state index < -0.39 is 0 Å². The summed E-state index contributed by atoms with van der Waals surface area (Å²) in [4.78, 5) is 8.43. The average molecular weight is 283 g/mol. The standard InChI is InChI=1S/C17H21N3O/c1-2-9-21-17-11-16(18-12-19-17)20-15-8-7-13-5-3-4-6-14(13)10-15/h3-6,11-12,15H,2,7-10H2,1H3,(H,18,19,20). The fourth-order valence-corrected chi connectivity index (χ4v) is 2.73. The monoisotopic (exact) mass is 283 g/mol. The Morgan fingerprint density at radius 2 is 2.10 bits per heavy atom. The molecular weight excluding hydrogens is 262 g/mol. The Labute approximate surface area is 125 Å². The number of benzene rings is 1. The number of anilines is 1.